The van der Waals surface area contributed by atoms with Crippen molar-refractivity contribution in [1.29, 1.82) is 0 Å². The number of ketones is 1. The van der Waals surface area contributed by atoms with Crippen LogP contribution in [0.25, 0.3) is 0 Å². The third-order valence-electron chi connectivity index (χ3n) is 3.50. The molecule has 0 saturated heterocycles. The Morgan fingerprint density at radius 3 is 2.06 bits per heavy atom. The summed E-state index contributed by atoms with van der Waals surface area (Å²) in [5.41, 5.74) is 3.66. The van der Waals surface area contributed by atoms with E-state index < -0.39 is 0 Å². The molecule has 1 unspecified atom stereocenters. The molecule has 1 aromatic carbocycles. The highest BCUT2D eigenvalue weighted by Gasteiger charge is 2.18. The predicted octanol–water partition coefficient (Wildman–Crippen LogP) is 3.71. The van der Waals surface area contributed by atoms with Crippen LogP contribution in [-0.2, 0) is 11.2 Å². The second kappa shape index (κ2) is 5.29. The summed E-state index contributed by atoms with van der Waals surface area (Å²) in [6.45, 7) is 10.4. The van der Waals surface area contributed by atoms with Gasteiger partial charge in [-0.1, -0.05) is 39.0 Å². The van der Waals surface area contributed by atoms with Gasteiger partial charge in [0.15, 0.2) is 0 Å². The van der Waals surface area contributed by atoms with Crippen LogP contribution in [0.5, 0.6) is 0 Å². The molecule has 0 aliphatic rings. The maximum absolute atomic E-state index is 12.1. The second-order valence-electron chi connectivity index (χ2n) is 5.05. The molecule has 0 saturated carbocycles. The molecule has 0 aromatic heterocycles. The number of carbonyl (C=O) groups is 1. The standard InChI is InChI=1S/C15H22O/c1-10(2)13(5)15(16)9-14-11(3)7-6-8-12(14)4/h6-8,10,13H,9H2,1-5H3. The number of aryl methyl sites for hydroxylation is 2. The van der Waals surface area contributed by atoms with E-state index >= 15 is 0 Å². The van der Waals surface area contributed by atoms with Gasteiger partial charge in [0, 0.05) is 12.3 Å². The molecule has 1 atom stereocenters. The maximum atomic E-state index is 12.1. The number of benzene rings is 1. The zero-order valence-electron chi connectivity index (χ0n) is 11.0. The van der Waals surface area contributed by atoms with Gasteiger partial charge in [-0.2, -0.15) is 0 Å². The highest BCUT2D eigenvalue weighted by Crippen LogP contribution is 2.18. The lowest BCUT2D eigenvalue weighted by molar-refractivity contribution is -0.122. The average Bonchev–Trinajstić information content (AvgIpc) is 2.22. The first-order valence-corrected chi connectivity index (χ1v) is 6.01. The summed E-state index contributed by atoms with van der Waals surface area (Å²) >= 11 is 0. The van der Waals surface area contributed by atoms with Crippen molar-refractivity contribution in [2.24, 2.45) is 11.8 Å². The first-order chi connectivity index (χ1) is 7.43. The van der Waals surface area contributed by atoms with Crippen LogP contribution in [0.1, 0.15) is 37.5 Å². The van der Waals surface area contributed by atoms with Gasteiger partial charge in [0.05, 0.1) is 0 Å². The molecule has 1 heteroatoms. The van der Waals surface area contributed by atoms with E-state index in [1.165, 1.54) is 16.7 Å². The van der Waals surface area contributed by atoms with Gasteiger partial charge < -0.3 is 0 Å². The van der Waals surface area contributed by atoms with E-state index in [-0.39, 0.29) is 5.92 Å². The van der Waals surface area contributed by atoms with Crippen LogP contribution in [0.3, 0.4) is 0 Å². The summed E-state index contributed by atoms with van der Waals surface area (Å²) in [6.07, 6.45) is 0.581. The number of hydrogen-bond acceptors (Lipinski definition) is 1. The Balaban J connectivity index is 2.85. The summed E-state index contributed by atoms with van der Waals surface area (Å²) in [6, 6.07) is 6.20. The minimum Gasteiger partial charge on any atom is -0.299 e. The van der Waals surface area contributed by atoms with E-state index in [9.17, 15) is 4.79 Å². The van der Waals surface area contributed by atoms with Gasteiger partial charge >= 0.3 is 0 Å². The number of Topliss-reactive ketones (excluding diaryl/α,β-unsaturated/α-hetero) is 1. The predicted molar refractivity (Wildman–Crippen MR) is 68.6 cm³/mol. The topological polar surface area (TPSA) is 17.1 Å². The molecule has 16 heavy (non-hydrogen) atoms. The molecule has 0 bridgehead atoms. The molecule has 0 heterocycles. The molecular formula is C15H22O. The van der Waals surface area contributed by atoms with E-state index in [0.29, 0.717) is 18.1 Å². The van der Waals surface area contributed by atoms with Gasteiger partial charge in [0.25, 0.3) is 0 Å². The third-order valence-corrected chi connectivity index (χ3v) is 3.50. The summed E-state index contributed by atoms with van der Waals surface area (Å²) in [7, 11) is 0. The Bertz CT molecular complexity index is 357. The monoisotopic (exact) mass is 218 g/mol. The Hall–Kier alpha value is -1.11. The van der Waals surface area contributed by atoms with Crippen molar-refractivity contribution in [3.8, 4) is 0 Å². The lowest BCUT2D eigenvalue weighted by Crippen LogP contribution is -2.19. The first-order valence-electron chi connectivity index (χ1n) is 6.01. The molecule has 0 radical (unpaired) electrons. The van der Waals surface area contributed by atoms with Crippen LogP contribution in [-0.4, -0.2) is 5.78 Å². The van der Waals surface area contributed by atoms with E-state index in [2.05, 4.69) is 39.8 Å². The number of rotatable bonds is 4. The lowest BCUT2D eigenvalue weighted by Gasteiger charge is -2.16. The molecule has 1 rings (SSSR count). The van der Waals surface area contributed by atoms with Crippen molar-refractivity contribution in [2.75, 3.05) is 0 Å². The molecule has 0 amide bonds. The summed E-state index contributed by atoms with van der Waals surface area (Å²) in [5, 5.41) is 0. The molecule has 0 aliphatic carbocycles. The van der Waals surface area contributed by atoms with Crippen molar-refractivity contribution in [3.05, 3.63) is 34.9 Å². The van der Waals surface area contributed by atoms with E-state index in [0.717, 1.165) is 0 Å². The van der Waals surface area contributed by atoms with Crippen molar-refractivity contribution in [1.82, 2.24) is 0 Å². The summed E-state index contributed by atoms with van der Waals surface area (Å²) in [5.74, 6) is 0.934. The van der Waals surface area contributed by atoms with Gasteiger partial charge in [0.1, 0.15) is 5.78 Å². The first kappa shape index (κ1) is 13.0. The fourth-order valence-electron chi connectivity index (χ4n) is 1.83. The van der Waals surface area contributed by atoms with E-state index in [4.69, 9.17) is 0 Å². The molecule has 0 aliphatic heterocycles. The van der Waals surface area contributed by atoms with Gasteiger partial charge in [-0.25, -0.2) is 0 Å². The Morgan fingerprint density at radius 1 is 1.12 bits per heavy atom. The Labute approximate surface area is 98.9 Å². The zero-order valence-corrected chi connectivity index (χ0v) is 11.0. The lowest BCUT2D eigenvalue weighted by atomic mass is 9.88. The van der Waals surface area contributed by atoms with Crippen LogP contribution in [0.2, 0.25) is 0 Å². The van der Waals surface area contributed by atoms with Crippen molar-refractivity contribution < 1.29 is 4.79 Å². The Morgan fingerprint density at radius 2 is 1.62 bits per heavy atom. The highest BCUT2D eigenvalue weighted by atomic mass is 16.1. The van der Waals surface area contributed by atoms with Crippen LogP contribution in [0.15, 0.2) is 18.2 Å². The molecular weight excluding hydrogens is 196 g/mol. The summed E-state index contributed by atoms with van der Waals surface area (Å²) < 4.78 is 0. The fraction of sp³-hybridized carbons (Fsp3) is 0.533. The van der Waals surface area contributed by atoms with Crippen molar-refractivity contribution in [2.45, 2.75) is 41.0 Å². The van der Waals surface area contributed by atoms with Gasteiger partial charge in [-0.3, -0.25) is 4.79 Å². The van der Waals surface area contributed by atoms with Gasteiger partial charge in [-0.15, -0.1) is 0 Å². The van der Waals surface area contributed by atoms with Crippen LogP contribution >= 0.6 is 0 Å². The number of hydrogen-bond donors (Lipinski definition) is 0. The normalized spacial score (nSPS) is 12.9. The third kappa shape index (κ3) is 2.94. The minimum atomic E-state index is 0.152. The van der Waals surface area contributed by atoms with Crippen LogP contribution < -0.4 is 0 Å². The van der Waals surface area contributed by atoms with E-state index in [1.807, 2.05) is 13.0 Å². The van der Waals surface area contributed by atoms with Gasteiger partial charge in [-0.05, 0) is 36.5 Å². The molecule has 0 N–H and O–H groups in total. The van der Waals surface area contributed by atoms with E-state index in [1.54, 1.807) is 0 Å². The molecule has 88 valence electrons. The summed E-state index contributed by atoms with van der Waals surface area (Å²) in [4.78, 5) is 12.1. The maximum Gasteiger partial charge on any atom is 0.140 e. The van der Waals surface area contributed by atoms with Crippen LogP contribution in [0.4, 0.5) is 0 Å². The van der Waals surface area contributed by atoms with Gasteiger partial charge in [0.2, 0.25) is 0 Å². The highest BCUT2D eigenvalue weighted by molar-refractivity contribution is 5.83. The van der Waals surface area contributed by atoms with Crippen LogP contribution in [0, 0.1) is 25.7 Å². The minimum absolute atomic E-state index is 0.152. The van der Waals surface area contributed by atoms with Crippen molar-refractivity contribution in [3.63, 3.8) is 0 Å². The molecule has 0 fully saturated rings. The second-order valence-corrected chi connectivity index (χ2v) is 5.05. The molecule has 1 aromatic rings. The molecule has 0 spiro atoms. The largest absolute Gasteiger partial charge is 0.299 e. The smallest absolute Gasteiger partial charge is 0.140 e. The molecule has 1 nitrogen and oxygen atoms in total. The average molecular weight is 218 g/mol. The zero-order chi connectivity index (χ0) is 12.3. The fourth-order valence-corrected chi connectivity index (χ4v) is 1.83. The SMILES string of the molecule is Cc1cccc(C)c1CC(=O)C(C)C(C)C. The Kier molecular flexibility index (Phi) is 4.28. The number of carbonyl (C=O) groups excluding carboxylic acids is 1. The quantitative estimate of drug-likeness (QED) is 0.753. The van der Waals surface area contributed by atoms with Crippen molar-refractivity contribution >= 4 is 5.78 Å².